The van der Waals surface area contributed by atoms with Crippen LogP contribution < -0.4 is 15.5 Å². The molecule has 0 saturated carbocycles. The van der Waals surface area contributed by atoms with Gasteiger partial charge in [-0.05, 0) is 30.2 Å². The number of fused-ring (bicyclic) bond motifs is 1. The molecule has 172 valence electrons. The van der Waals surface area contributed by atoms with Gasteiger partial charge >= 0.3 is 0 Å². The Hall–Kier alpha value is -3.78. The summed E-state index contributed by atoms with van der Waals surface area (Å²) in [6.07, 6.45) is 0. The average Bonchev–Trinajstić information content (AvgIpc) is 3.31. The zero-order chi connectivity index (χ0) is 23.3. The lowest BCUT2D eigenvalue weighted by molar-refractivity contribution is -0.121. The van der Waals surface area contributed by atoms with Crippen molar-refractivity contribution in [2.24, 2.45) is 0 Å². The van der Waals surface area contributed by atoms with Crippen LogP contribution in [0.15, 0.2) is 90.1 Å². The predicted octanol–water partition coefficient (Wildman–Crippen LogP) is 4.42. The highest BCUT2D eigenvalue weighted by Crippen LogP contribution is 2.39. The predicted molar refractivity (Wildman–Crippen MR) is 133 cm³/mol. The van der Waals surface area contributed by atoms with Crippen molar-refractivity contribution in [1.29, 1.82) is 0 Å². The number of hydrogen-bond donors (Lipinski definition) is 2. The Balaban J connectivity index is 1.45. The maximum atomic E-state index is 13.4. The van der Waals surface area contributed by atoms with Gasteiger partial charge in [0.05, 0.1) is 12.6 Å². The van der Waals surface area contributed by atoms with Crippen LogP contribution >= 0.6 is 11.8 Å². The molecule has 0 unspecified atom stereocenters. The van der Waals surface area contributed by atoms with Gasteiger partial charge in [-0.15, -0.1) is 10.2 Å². The van der Waals surface area contributed by atoms with Gasteiger partial charge < -0.3 is 15.5 Å². The number of thioether (sulfide) groups is 1. The zero-order valence-electron chi connectivity index (χ0n) is 18.7. The molecule has 0 fully saturated rings. The van der Waals surface area contributed by atoms with E-state index in [2.05, 4.69) is 20.9 Å². The van der Waals surface area contributed by atoms with Crippen LogP contribution in [-0.2, 0) is 11.3 Å². The first-order chi connectivity index (χ1) is 16.7. The summed E-state index contributed by atoms with van der Waals surface area (Å²) in [6.45, 7) is 3.03. The molecule has 1 amide bonds. The van der Waals surface area contributed by atoms with Crippen LogP contribution in [0.1, 0.15) is 24.1 Å². The molecule has 2 N–H and O–H groups in total. The summed E-state index contributed by atoms with van der Waals surface area (Å²) in [5.41, 5.74) is 6.49. The molecular formula is C26H25N5O2S. The second-order valence-corrected chi connectivity index (χ2v) is 8.97. The van der Waals surface area contributed by atoms with Crippen LogP contribution in [0, 0.1) is 0 Å². The third kappa shape index (κ3) is 4.63. The van der Waals surface area contributed by atoms with Crippen LogP contribution in [0.3, 0.4) is 0 Å². The van der Waals surface area contributed by atoms with Gasteiger partial charge in [0, 0.05) is 12.1 Å². The summed E-state index contributed by atoms with van der Waals surface area (Å²) >= 11 is 1.42. The molecule has 1 aliphatic heterocycles. The molecule has 0 spiro atoms. The monoisotopic (exact) mass is 471 g/mol. The van der Waals surface area contributed by atoms with E-state index in [0.717, 1.165) is 22.4 Å². The van der Waals surface area contributed by atoms with E-state index >= 15 is 0 Å². The Morgan fingerprint density at radius 2 is 1.71 bits per heavy atom. The van der Waals surface area contributed by atoms with Crippen molar-refractivity contribution in [3.63, 3.8) is 0 Å². The summed E-state index contributed by atoms with van der Waals surface area (Å²) in [4.78, 5) is 13.4. The number of rotatable bonds is 7. The van der Waals surface area contributed by atoms with Crippen molar-refractivity contribution in [3.05, 3.63) is 96.1 Å². The number of hydrogen-bond acceptors (Lipinski definition) is 6. The molecule has 0 aliphatic carbocycles. The van der Waals surface area contributed by atoms with Crippen LogP contribution in [0.4, 0.5) is 0 Å². The van der Waals surface area contributed by atoms with E-state index in [1.165, 1.54) is 11.8 Å². The standard InChI is InChI=1S/C26H25N5O2S/c1-2-33-21-15-13-19(14-16-21)22-23(25(32)27-17-18-9-5-3-6-10-18)34-26-29-28-24(31(26)30-22)20-11-7-4-8-12-20/h3-16,22-23,30H,2,17H2,1H3,(H,27,32)/t22-,23+/m1/s1. The molecule has 1 aromatic heterocycles. The number of ether oxygens (including phenoxy) is 1. The van der Waals surface area contributed by atoms with Gasteiger partial charge in [-0.25, -0.2) is 4.68 Å². The van der Waals surface area contributed by atoms with Crippen molar-refractivity contribution in [1.82, 2.24) is 20.2 Å². The van der Waals surface area contributed by atoms with E-state index in [9.17, 15) is 4.79 Å². The van der Waals surface area contributed by atoms with Crippen molar-refractivity contribution in [2.45, 2.75) is 29.9 Å². The Morgan fingerprint density at radius 3 is 2.41 bits per heavy atom. The lowest BCUT2D eigenvalue weighted by Crippen LogP contribution is -2.43. The molecule has 0 bridgehead atoms. The summed E-state index contributed by atoms with van der Waals surface area (Å²) in [5, 5.41) is 12.1. The minimum atomic E-state index is -0.429. The van der Waals surface area contributed by atoms with Crippen LogP contribution in [0.5, 0.6) is 5.75 Å². The molecule has 34 heavy (non-hydrogen) atoms. The Labute approximate surface area is 202 Å². The van der Waals surface area contributed by atoms with E-state index in [0.29, 0.717) is 24.1 Å². The molecule has 0 radical (unpaired) electrons. The molecule has 4 aromatic rings. The zero-order valence-corrected chi connectivity index (χ0v) is 19.5. The van der Waals surface area contributed by atoms with Crippen LogP contribution in [0.2, 0.25) is 0 Å². The Bertz CT molecular complexity index is 1250. The maximum absolute atomic E-state index is 13.4. The first kappa shape index (κ1) is 22.0. The summed E-state index contributed by atoms with van der Waals surface area (Å²) in [5.74, 6) is 1.45. The van der Waals surface area contributed by atoms with E-state index < -0.39 is 5.25 Å². The number of carbonyl (C=O) groups is 1. The molecular weight excluding hydrogens is 446 g/mol. The van der Waals surface area contributed by atoms with Crippen LogP contribution in [0.25, 0.3) is 11.4 Å². The average molecular weight is 472 g/mol. The van der Waals surface area contributed by atoms with Gasteiger partial charge in [0.15, 0.2) is 5.82 Å². The van der Waals surface area contributed by atoms with Crippen LogP contribution in [-0.4, -0.2) is 32.6 Å². The molecule has 8 heteroatoms. The largest absolute Gasteiger partial charge is 0.494 e. The molecule has 2 atom stereocenters. The highest BCUT2D eigenvalue weighted by Gasteiger charge is 2.38. The molecule has 3 aromatic carbocycles. The highest BCUT2D eigenvalue weighted by atomic mass is 32.2. The van der Waals surface area contributed by atoms with Crippen molar-refractivity contribution >= 4 is 17.7 Å². The quantitative estimate of drug-likeness (QED) is 0.415. The Morgan fingerprint density at radius 1 is 1.00 bits per heavy atom. The fraction of sp³-hybridized carbons (Fsp3) is 0.192. The number of aromatic nitrogens is 3. The van der Waals surface area contributed by atoms with E-state index in [1.807, 2.05) is 96.5 Å². The number of amides is 1. The topological polar surface area (TPSA) is 81.1 Å². The summed E-state index contributed by atoms with van der Waals surface area (Å²) < 4.78 is 7.48. The van der Waals surface area contributed by atoms with E-state index in [-0.39, 0.29) is 11.9 Å². The minimum Gasteiger partial charge on any atom is -0.494 e. The lowest BCUT2D eigenvalue weighted by atomic mass is 10.0. The molecule has 2 heterocycles. The second-order valence-electron chi connectivity index (χ2n) is 7.86. The van der Waals surface area contributed by atoms with Crippen molar-refractivity contribution in [2.75, 3.05) is 12.0 Å². The van der Waals surface area contributed by atoms with E-state index in [4.69, 9.17) is 4.74 Å². The SMILES string of the molecule is CCOc1ccc([C@H]2Nn3c(nnc3-c3ccccc3)S[C@@H]2C(=O)NCc2ccccc2)cc1. The lowest BCUT2D eigenvalue weighted by Gasteiger charge is -2.33. The van der Waals surface area contributed by atoms with Gasteiger partial charge in [0.25, 0.3) is 0 Å². The summed E-state index contributed by atoms with van der Waals surface area (Å²) in [6, 6.07) is 27.4. The highest BCUT2D eigenvalue weighted by molar-refractivity contribution is 8.00. The smallest absolute Gasteiger partial charge is 0.236 e. The molecule has 7 nitrogen and oxygen atoms in total. The Kier molecular flexibility index (Phi) is 6.49. The number of benzene rings is 3. The summed E-state index contributed by atoms with van der Waals surface area (Å²) in [7, 11) is 0. The molecule has 1 aliphatic rings. The first-order valence-corrected chi connectivity index (χ1v) is 12.1. The second kappa shape index (κ2) is 10.0. The number of nitrogens with zero attached hydrogens (tertiary/aromatic N) is 3. The van der Waals surface area contributed by atoms with Gasteiger partial charge in [-0.3, -0.25) is 4.79 Å². The number of carbonyl (C=O) groups excluding carboxylic acids is 1. The minimum absolute atomic E-state index is 0.0595. The fourth-order valence-corrected chi connectivity index (χ4v) is 5.01. The normalized spacial score (nSPS) is 16.9. The van der Waals surface area contributed by atoms with E-state index in [1.54, 1.807) is 0 Å². The van der Waals surface area contributed by atoms with Gasteiger partial charge in [0.2, 0.25) is 11.1 Å². The molecule has 0 saturated heterocycles. The van der Waals surface area contributed by atoms with Crippen molar-refractivity contribution < 1.29 is 9.53 Å². The van der Waals surface area contributed by atoms with Crippen molar-refractivity contribution in [3.8, 4) is 17.1 Å². The van der Waals surface area contributed by atoms with Gasteiger partial charge in [-0.2, -0.15) is 0 Å². The van der Waals surface area contributed by atoms with Gasteiger partial charge in [-0.1, -0.05) is 84.6 Å². The third-order valence-corrected chi connectivity index (χ3v) is 6.80. The third-order valence-electron chi connectivity index (χ3n) is 5.59. The molecule has 5 rings (SSSR count). The number of nitrogens with one attached hydrogen (secondary N) is 2. The fourth-order valence-electron chi connectivity index (χ4n) is 3.90. The van der Waals surface area contributed by atoms with Gasteiger partial charge in [0.1, 0.15) is 11.0 Å². The maximum Gasteiger partial charge on any atom is 0.236 e. The first-order valence-electron chi connectivity index (χ1n) is 11.2.